The number of benzene rings is 2. The minimum Gasteiger partial charge on any atom is -0.363 e. The lowest BCUT2D eigenvalue weighted by Crippen LogP contribution is -2.45. The zero-order valence-corrected chi connectivity index (χ0v) is 20.5. The number of Topliss-reactive ketones (excluding diaryl/α,β-unsaturated/α-hetero) is 1. The molecule has 0 atom stereocenters. The second-order valence-corrected chi connectivity index (χ2v) is 8.85. The first-order valence-electron chi connectivity index (χ1n) is 11.2. The zero-order valence-electron chi connectivity index (χ0n) is 19.7. The Bertz CT molecular complexity index is 939. The van der Waals surface area contributed by atoms with Crippen molar-refractivity contribution in [3.8, 4) is 0 Å². The Morgan fingerprint density at radius 2 is 1.70 bits per heavy atom. The van der Waals surface area contributed by atoms with E-state index in [9.17, 15) is 13.6 Å². The van der Waals surface area contributed by atoms with Crippen molar-refractivity contribution in [2.45, 2.75) is 33.6 Å². The molecule has 3 rings (SSSR count). The van der Waals surface area contributed by atoms with Crippen molar-refractivity contribution in [3.63, 3.8) is 0 Å². The molecule has 4 nitrogen and oxygen atoms in total. The van der Waals surface area contributed by atoms with Crippen molar-refractivity contribution in [2.24, 2.45) is 4.40 Å². The SMILES string of the molecule is C=C(S/N=C(\C)Cc1ccc(F)cc1)N1CCN(CCC)CC1.CC(=O)c1cccc(F)c1. The number of hydrogen-bond acceptors (Lipinski definition) is 5. The summed E-state index contributed by atoms with van der Waals surface area (Å²) in [4.78, 5) is 15.4. The number of rotatable bonds is 8. The molecule has 1 aliphatic rings. The van der Waals surface area contributed by atoms with E-state index in [-0.39, 0.29) is 17.4 Å². The van der Waals surface area contributed by atoms with Gasteiger partial charge in [-0.1, -0.05) is 37.8 Å². The Balaban J connectivity index is 0.000000321. The van der Waals surface area contributed by atoms with E-state index in [2.05, 4.69) is 27.7 Å². The third-order valence-corrected chi connectivity index (χ3v) is 6.05. The number of carbonyl (C=O) groups excluding carboxylic acids is 1. The van der Waals surface area contributed by atoms with Gasteiger partial charge in [-0.25, -0.2) is 13.2 Å². The Labute approximate surface area is 200 Å². The van der Waals surface area contributed by atoms with Gasteiger partial charge in [-0.2, -0.15) is 0 Å². The standard InChI is InChI=1S/C18H26FN3S.C8H7FO/c1-4-9-21-10-12-22(13-11-21)16(3)23-20-15(2)14-17-5-7-18(19)8-6-17;1-6(10)7-3-2-4-8(9)5-7/h5-8H,3-4,9-14H2,1-2H3;2-5H,1H3/b20-15+;. The molecule has 1 fully saturated rings. The Morgan fingerprint density at radius 3 is 2.24 bits per heavy atom. The Kier molecular flexibility index (Phi) is 11.3. The molecule has 0 aromatic heterocycles. The Hall–Kier alpha value is -2.51. The molecule has 0 aliphatic carbocycles. The highest BCUT2D eigenvalue weighted by atomic mass is 32.2. The monoisotopic (exact) mass is 473 g/mol. The molecule has 0 amide bonds. The summed E-state index contributed by atoms with van der Waals surface area (Å²) < 4.78 is 29.8. The fourth-order valence-corrected chi connectivity index (χ4v) is 3.99. The fourth-order valence-electron chi connectivity index (χ4n) is 3.36. The first-order valence-corrected chi connectivity index (χ1v) is 11.9. The van der Waals surface area contributed by atoms with Gasteiger partial charge in [0.1, 0.15) is 11.6 Å². The average Bonchev–Trinajstić information content (AvgIpc) is 2.80. The molecular formula is C26H33F2N3OS. The molecule has 0 saturated carbocycles. The van der Waals surface area contributed by atoms with Crippen LogP contribution in [0.5, 0.6) is 0 Å². The van der Waals surface area contributed by atoms with Crippen LogP contribution in [-0.2, 0) is 6.42 Å². The summed E-state index contributed by atoms with van der Waals surface area (Å²) >= 11 is 1.45. The van der Waals surface area contributed by atoms with Gasteiger partial charge in [0.05, 0.1) is 5.03 Å². The van der Waals surface area contributed by atoms with Crippen LogP contribution >= 0.6 is 11.9 Å². The number of ketones is 1. The number of hydrogen-bond donors (Lipinski definition) is 0. The number of halogens is 2. The predicted octanol–water partition coefficient (Wildman–Crippen LogP) is 6.00. The smallest absolute Gasteiger partial charge is 0.159 e. The van der Waals surface area contributed by atoms with Crippen LogP contribution in [0.2, 0.25) is 0 Å². The molecule has 33 heavy (non-hydrogen) atoms. The normalized spacial score (nSPS) is 14.5. The maximum Gasteiger partial charge on any atom is 0.159 e. The van der Waals surface area contributed by atoms with E-state index in [0.717, 1.165) is 48.9 Å². The van der Waals surface area contributed by atoms with E-state index < -0.39 is 0 Å². The highest BCUT2D eigenvalue weighted by Crippen LogP contribution is 2.22. The van der Waals surface area contributed by atoms with Crippen molar-refractivity contribution in [1.29, 1.82) is 0 Å². The van der Waals surface area contributed by atoms with Gasteiger partial charge in [-0.05, 0) is 56.6 Å². The molecule has 0 unspecified atom stereocenters. The first-order chi connectivity index (χ1) is 15.8. The molecule has 0 radical (unpaired) electrons. The van der Waals surface area contributed by atoms with Crippen LogP contribution in [-0.4, -0.2) is 54.0 Å². The maximum atomic E-state index is 12.9. The summed E-state index contributed by atoms with van der Waals surface area (Å²) in [6.45, 7) is 15.2. The summed E-state index contributed by atoms with van der Waals surface area (Å²) in [7, 11) is 0. The topological polar surface area (TPSA) is 35.9 Å². The lowest BCUT2D eigenvalue weighted by molar-refractivity contribution is 0.101. The molecule has 0 N–H and O–H groups in total. The van der Waals surface area contributed by atoms with Gasteiger partial charge < -0.3 is 4.90 Å². The molecular weight excluding hydrogens is 440 g/mol. The molecule has 1 aliphatic heterocycles. The van der Waals surface area contributed by atoms with Crippen LogP contribution in [0.3, 0.4) is 0 Å². The predicted molar refractivity (Wildman–Crippen MR) is 135 cm³/mol. The second-order valence-electron chi connectivity index (χ2n) is 8.01. The summed E-state index contributed by atoms with van der Waals surface area (Å²) in [6.07, 6.45) is 1.95. The molecule has 0 spiro atoms. The summed E-state index contributed by atoms with van der Waals surface area (Å²) in [5.41, 5.74) is 2.51. The molecule has 1 saturated heterocycles. The quantitative estimate of drug-likeness (QED) is 0.267. The van der Waals surface area contributed by atoms with Crippen LogP contribution in [0.25, 0.3) is 0 Å². The largest absolute Gasteiger partial charge is 0.363 e. The minimum absolute atomic E-state index is 0.112. The average molecular weight is 474 g/mol. The lowest BCUT2D eigenvalue weighted by Gasteiger charge is -2.36. The Morgan fingerprint density at radius 1 is 1.03 bits per heavy atom. The molecule has 2 aromatic carbocycles. The van der Waals surface area contributed by atoms with Crippen molar-refractivity contribution in [2.75, 3.05) is 32.7 Å². The van der Waals surface area contributed by atoms with Crippen molar-refractivity contribution >= 4 is 23.4 Å². The summed E-state index contributed by atoms with van der Waals surface area (Å²) in [5.74, 6) is -0.680. The van der Waals surface area contributed by atoms with Crippen LogP contribution in [0, 0.1) is 11.6 Å². The van der Waals surface area contributed by atoms with Gasteiger partial charge in [-0.15, -0.1) is 0 Å². The zero-order chi connectivity index (χ0) is 24.2. The van der Waals surface area contributed by atoms with Gasteiger partial charge in [-0.3, -0.25) is 9.69 Å². The van der Waals surface area contributed by atoms with E-state index in [4.69, 9.17) is 0 Å². The fraction of sp³-hybridized carbons (Fsp3) is 0.385. The van der Waals surface area contributed by atoms with E-state index in [1.165, 1.54) is 62.2 Å². The highest BCUT2D eigenvalue weighted by molar-refractivity contribution is 8.01. The van der Waals surface area contributed by atoms with E-state index in [1.54, 1.807) is 18.2 Å². The first kappa shape index (κ1) is 26.7. The molecule has 178 valence electrons. The van der Waals surface area contributed by atoms with E-state index >= 15 is 0 Å². The van der Waals surface area contributed by atoms with Crippen molar-refractivity contribution in [3.05, 3.63) is 82.9 Å². The van der Waals surface area contributed by atoms with Gasteiger partial charge in [0, 0.05) is 55.8 Å². The number of nitrogens with zero attached hydrogens (tertiary/aromatic N) is 3. The third-order valence-electron chi connectivity index (χ3n) is 5.18. The second kappa shape index (κ2) is 13.9. The molecule has 7 heteroatoms. The van der Waals surface area contributed by atoms with Crippen LogP contribution in [0.1, 0.15) is 43.1 Å². The van der Waals surface area contributed by atoms with E-state index in [0.29, 0.717) is 5.56 Å². The molecule has 0 bridgehead atoms. The van der Waals surface area contributed by atoms with Gasteiger partial charge >= 0.3 is 0 Å². The van der Waals surface area contributed by atoms with Crippen LogP contribution < -0.4 is 0 Å². The van der Waals surface area contributed by atoms with Gasteiger partial charge in [0.15, 0.2) is 5.78 Å². The third kappa shape index (κ3) is 9.88. The molecule has 2 aromatic rings. The van der Waals surface area contributed by atoms with Crippen LogP contribution in [0.15, 0.2) is 64.5 Å². The highest BCUT2D eigenvalue weighted by Gasteiger charge is 2.17. The summed E-state index contributed by atoms with van der Waals surface area (Å²) in [5, 5.41) is 1.01. The summed E-state index contributed by atoms with van der Waals surface area (Å²) in [6, 6.07) is 12.2. The van der Waals surface area contributed by atoms with Crippen LogP contribution in [0.4, 0.5) is 8.78 Å². The van der Waals surface area contributed by atoms with Crippen molar-refractivity contribution in [1.82, 2.24) is 9.80 Å². The van der Waals surface area contributed by atoms with Crippen molar-refractivity contribution < 1.29 is 13.6 Å². The maximum absolute atomic E-state index is 12.9. The van der Waals surface area contributed by atoms with E-state index in [1.807, 2.05) is 6.92 Å². The van der Waals surface area contributed by atoms with Gasteiger partial charge in [0.2, 0.25) is 0 Å². The lowest BCUT2D eigenvalue weighted by atomic mass is 10.1. The number of carbonyl (C=O) groups is 1. The molecule has 1 heterocycles. The van der Waals surface area contributed by atoms with Gasteiger partial charge in [0.25, 0.3) is 0 Å². The minimum atomic E-state index is -0.368. The number of piperazine rings is 1.